The average Bonchev–Trinajstić information content (AvgIpc) is 2.67. The maximum atomic E-state index is 12.8. The van der Waals surface area contributed by atoms with E-state index in [1.807, 2.05) is 37.3 Å². The molecule has 1 heterocycles. The van der Waals surface area contributed by atoms with Crippen LogP contribution in [0, 0.1) is 0 Å². The van der Waals surface area contributed by atoms with E-state index in [9.17, 15) is 14.4 Å². The number of allylic oxidation sites excluding steroid dienone is 3. The van der Waals surface area contributed by atoms with E-state index in [0.29, 0.717) is 0 Å². The number of benzene rings is 1. The second-order valence-electron chi connectivity index (χ2n) is 5.93. The maximum absolute atomic E-state index is 12.8. The average molecular weight is 384 g/mol. The number of H-pyrrole nitrogens is 1. The molecule has 0 unspecified atom stereocenters. The predicted octanol–water partition coefficient (Wildman–Crippen LogP) is 1.43. The molecule has 1 amide bonds. The van der Waals surface area contributed by atoms with Crippen LogP contribution in [0.2, 0.25) is 0 Å². The number of anilines is 2. The minimum Gasteiger partial charge on any atom is -0.383 e. The minimum atomic E-state index is -0.722. The van der Waals surface area contributed by atoms with E-state index < -0.39 is 17.2 Å². The molecule has 0 saturated heterocycles. The first-order valence-corrected chi connectivity index (χ1v) is 8.76. The number of carbonyl (C=O) groups is 1. The van der Waals surface area contributed by atoms with Gasteiger partial charge in [0.1, 0.15) is 5.82 Å². The normalized spacial score (nSPS) is 11.4. The molecule has 0 aliphatic carbocycles. The molecule has 1 aromatic carbocycles. The van der Waals surface area contributed by atoms with Gasteiger partial charge in [-0.05, 0) is 12.5 Å². The summed E-state index contributed by atoms with van der Waals surface area (Å²) in [5.74, 6) is -0.523. The fraction of sp³-hybridized carbons (Fsp3) is 0.250. The molecule has 0 atom stereocenters. The van der Waals surface area contributed by atoms with Crippen LogP contribution in [0.5, 0.6) is 0 Å². The number of nitrogens with one attached hydrogen (secondary N) is 1. The number of nitrogen functional groups attached to an aromatic ring is 1. The summed E-state index contributed by atoms with van der Waals surface area (Å²) >= 11 is 0. The van der Waals surface area contributed by atoms with Crippen LogP contribution in [-0.4, -0.2) is 29.2 Å². The SMILES string of the molecule is C/C=C/C=C/C(=O)N(Cc1ccccc1)c1c(N)n(CCOC)c(=O)[nH]c1=O. The molecule has 1 aromatic heterocycles. The van der Waals surface area contributed by atoms with Gasteiger partial charge in [-0.15, -0.1) is 0 Å². The summed E-state index contributed by atoms with van der Waals surface area (Å²) in [6.07, 6.45) is 6.39. The summed E-state index contributed by atoms with van der Waals surface area (Å²) in [7, 11) is 1.49. The third kappa shape index (κ3) is 5.08. The lowest BCUT2D eigenvalue weighted by Gasteiger charge is -2.23. The summed E-state index contributed by atoms with van der Waals surface area (Å²) in [4.78, 5) is 41.0. The summed E-state index contributed by atoms with van der Waals surface area (Å²) in [6.45, 7) is 2.32. The Balaban J connectivity index is 2.57. The molecule has 0 aliphatic heterocycles. The zero-order valence-electron chi connectivity index (χ0n) is 15.9. The maximum Gasteiger partial charge on any atom is 0.330 e. The first-order chi connectivity index (χ1) is 13.5. The molecule has 2 aromatic rings. The second-order valence-corrected chi connectivity index (χ2v) is 5.93. The number of aromatic amines is 1. The summed E-state index contributed by atoms with van der Waals surface area (Å²) in [5, 5.41) is 0. The molecule has 3 N–H and O–H groups in total. The highest BCUT2D eigenvalue weighted by Gasteiger charge is 2.23. The van der Waals surface area contributed by atoms with E-state index in [-0.39, 0.29) is 31.2 Å². The summed E-state index contributed by atoms with van der Waals surface area (Å²) < 4.78 is 6.17. The Hall–Kier alpha value is -3.39. The zero-order chi connectivity index (χ0) is 20.5. The van der Waals surface area contributed by atoms with Crippen molar-refractivity contribution in [3.63, 3.8) is 0 Å². The number of rotatable bonds is 8. The molecule has 148 valence electrons. The van der Waals surface area contributed by atoms with E-state index in [1.54, 1.807) is 18.2 Å². The van der Waals surface area contributed by atoms with Crippen molar-refractivity contribution in [1.29, 1.82) is 0 Å². The minimum absolute atomic E-state index is 0.0744. The zero-order valence-corrected chi connectivity index (χ0v) is 15.9. The van der Waals surface area contributed by atoms with Gasteiger partial charge in [0.25, 0.3) is 11.5 Å². The molecule has 8 heteroatoms. The molecule has 0 saturated carbocycles. The molecular weight excluding hydrogens is 360 g/mol. The first kappa shape index (κ1) is 20.9. The van der Waals surface area contributed by atoms with Crippen LogP contribution in [0.4, 0.5) is 11.5 Å². The van der Waals surface area contributed by atoms with Crippen molar-refractivity contribution in [1.82, 2.24) is 9.55 Å². The lowest BCUT2D eigenvalue weighted by molar-refractivity contribution is -0.114. The van der Waals surface area contributed by atoms with Gasteiger partial charge in [0.2, 0.25) is 0 Å². The number of ether oxygens (including phenoxy) is 1. The van der Waals surface area contributed by atoms with Crippen LogP contribution in [0.15, 0.2) is 64.2 Å². The van der Waals surface area contributed by atoms with E-state index in [0.717, 1.165) is 5.56 Å². The van der Waals surface area contributed by atoms with Crippen LogP contribution in [0.1, 0.15) is 12.5 Å². The van der Waals surface area contributed by atoms with Crippen molar-refractivity contribution in [2.45, 2.75) is 20.0 Å². The molecule has 8 nitrogen and oxygen atoms in total. The van der Waals surface area contributed by atoms with Gasteiger partial charge >= 0.3 is 5.69 Å². The molecule has 0 aliphatic rings. The molecule has 0 radical (unpaired) electrons. The lowest BCUT2D eigenvalue weighted by Crippen LogP contribution is -2.40. The van der Waals surface area contributed by atoms with Crippen LogP contribution >= 0.6 is 0 Å². The number of hydrogen-bond acceptors (Lipinski definition) is 5. The Labute approximate surface area is 162 Å². The Kier molecular flexibility index (Phi) is 7.53. The smallest absolute Gasteiger partial charge is 0.330 e. The Morgan fingerprint density at radius 2 is 1.96 bits per heavy atom. The number of nitrogens with zero attached hydrogens (tertiary/aromatic N) is 2. The number of carbonyl (C=O) groups excluding carboxylic acids is 1. The van der Waals surface area contributed by atoms with E-state index >= 15 is 0 Å². The van der Waals surface area contributed by atoms with Crippen LogP contribution < -0.4 is 21.9 Å². The monoisotopic (exact) mass is 384 g/mol. The molecule has 2 rings (SSSR count). The Morgan fingerprint density at radius 3 is 2.61 bits per heavy atom. The summed E-state index contributed by atoms with van der Waals surface area (Å²) in [6, 6.07) is 9.19. The third-order valence-electron chi connectivity index (χ3n) is 3.99. The number of amides is 1. The molecule has 0 spiro atoms. The standard InChI is InChI=1S/C20H24N4O4/c1-3-4-6-11-16(25)24(14-15-9-7-5-8-10-15)17-18(21)23(12-13-28-2)20(27)22-19(17)26/h3-11H,12-14,21H2,1-2H3,(H,22,26,27)/b4-3+,11-6+. The van der Waals surface area contributed by atoms with Crippen molar-refractivity contribution in [2.24, 2.45) is 0 Å². The van der Waals surface area contributed by atoms with Gasteiger partial charge in [-0.3, -0.25) is 24.0 Å². The van der Waals surface area contributed by atoms with Gasteiger partial charge in [-0.25, -0.2) is 4.79 Å². The third-order valence-corrected chi connectivity index (χ3v) is 3.99. The predicted molar refractivity (Wildman–Crippen MR) is 109 cm³/mol. The Morgan fingerprint density at radius 1 is 1.25 bits per heavy atom. The lowest BCUT2D eigenvalue weighted by atomic mass is 10.2. The highest BCUT2D eigenvalue weighted by Crippen LogP contribution is 2.20. The molecular formula is C20H24N4O4. The number of methoxy groups -OCH3 is 1. The highest BCUT2D eigenvalue weighted by atomic mass is 16.5. The summed E-state index contributed by atoms with van der Waals surface area (Å²) in [5.41, 5.74) is 5.49. The van der Waals surface area contributed by atoms with Crippen molar-refractivity contribution in [3.05, 3.63) is 81.0 Å². The van der Waals surface area contributed by atoms with E-state index in [1.165, 1.54) is 22.7 Å². The fourth-order valence-corrected chi connectivity index (χ4v) is 2.61. The van der Waals surface area contributed by atoms with E-state index in [2.05, 4.69) is 4.98 Å². The van der Waals surface area contributed by atoms with Gasteiger partial charge in [-0.1, -0.05) is 48.6 Å². The van der Waals surface area contributed by atoms with Crippen molar-refractivity contribution >= 4 is 17.4 Å². The van der Waals surface area contributed by atoms with Crippen LogP contribution in [0.25, 0.3) is 0 Å². The van der Waals surface area contributed by atoms with Crippen molar-refractivity contribution in [2.75, 3.05) is 24.4 Å². The number of hydrogen-bond donors (Lipinski definition) is 2. The number of aromatic nitrogens is 2. The Bertz CT molecular complexity index is 974. The van der Waals surface area contributed by atoms with Gasteiger partial charge in [0, 0.05) is 13.2 Å². The first-order valence-electron chi connectivity index (χ1n) is 8.76. The molecule has 28 heavy (non-hydrogen) atoms. The quantitative estimate of drug-likeness (QED) is 0.528. The highest BCUT2D eigenvalue weighted by molar-refractivity contribution is 6.02. The largest absolute Gasteiger partial charge is 0.383 e. The topological polar surface area (TPSA) is 110 Å². The van der Waals surface area contributed by atoms with Gasteiger partial charge in [-0.2, -0.15) is 0 Å². The second kappa shape index (κ2) is 10.1. The van der Waals surface area contributed by atoms with E-state index in [4.69, 9.17) is 10.5 Å². The molecule has 0 fully saturated rings. The fourth-order valence-electron chi connectivity index (χ4n) is 2.61. The van der Waals surface area contributed by atoms with Gasteiger partial charge in [0.15, 0.2) is 5.69 Å². The van der Waals surface area contributed by atoms with Crippen LogP contribution in [-0.2, 0) is 22.6 Å². The van der Waals surface area contributed by atoms with Crippen molar-refractivity contribution < 1.29 is 9.53 Å². The van der Waals surface area contributed by atoms with Gasteiger partial charge < -0.3 is 10.5 Å². The van der Waals surface area contributed by atoms with Crippen molar-refractivity contribution in [3.8, 4) is 0 Å². The molecule has 0 bridgehead atoms. The van der Waals surface area contributed by atoms with Gasteiger partial charge in [0.05, 0.1) is 19.7 Å². The van der Waals surface area contributed by atoms with Crippen LogP contribution in [0.3, 0.4) is 0 Å². The number of nitrogens with two attached hydrogens (primary N) is 1.